The molecular formula is C17H13N4O4S-. The molecule has 0 bridgehead atoms. The first-order chi connectivity index (χ1) is 12.3. The minimum absolute atomic E-state index is 0.0189. The highest BCUT2D eigenvalue weighted by molar-refractivity contribution is 7.85. The standard InChI is InChI=1S/C17H14N4O4S/c18-16-15(17-19-12-3-1-2-4-13(12)20-17)14(22)9-21(16)10-5-7-11(8-6-10)26(23,24)25/h1-8,18,22H,9H2,(H,19,20)(H,23,24,25)/p-1. The number of benzene rings is 2. The van der Waals surface area contributed by atoms with E-state index in [1.807, 2.05) is 24.3 Å². The number of rotatable bonds is 3. The van der Waals surface area contributed by atoms with E-state index in [4.69, 9.17) is 5.41 Å². The second kappa shape index (κ2) is 5.68. The van der Waals surface area contributed by atoms with Gasteiger partial charge in [-0.15, -0.1) is 0 Å². The molecule has 1 aliphatic heterocycles. The maximum absolute atomic E-state index is 11.0. The Hall–Kier alpha value is -3.17. The molecule has 0 aliphatic carbocycles. The van der Waals surface area contributed by atoms with Gasteiger partial charge in [-0.2, -0.15) is 0 Å². The molecule has 0 spiro atoms. The van der Waals surface area contributed by atoms with E-state index in [2.05, 4.69) is 9.97 Å². The van der Waals surface area contributed by atoms with Crippen LogP contribution in [0.5, 0.6) is 0 Å². The first kappa shape index (κ1) is 16.3. The van der Waals surface area contributed by atoms with Crippen molar-refractivity contribution < 1.29 is 18.1 Å². The number of hydrogen-bond donors (Lipinski definition) is 3. The van der Waals surface area contributed by atoms with Crippen LogP contribution >= 0.6 is 0 Å². The molecule has 2 heterocycles. The molecule has 8 nitrogen and oxygen atoms in total. The summed E-state index contributed by atoms with van der Waals surface area (Å²) >= 11 is 0. The van der Waals surface area contributed by atoms with Gasteiger partial charge in [0.1, 0.15) is 27.5 Å². The number of nitrogens with one attached hydrogen (secondary N) is 2. The van der Waals surface area contributed by atoms with E-state index in [0.29, 0.717) is 11.5 Å². The lowest BCUT2D eigenvalue weighted by Crippen LogP contribution is -2.26. The number of fused-ring (bicyclic) bond motifs is 1. The molecule has 1 aliphatic rings. The van der Waals surface area contributed by atoms with Crippen molar-refractivity contribution in [2.24, 2.45) is 0 Å². The van der Waals surface area contributed by atoms with Crippen LogP contribution in [0.25, 0.3) is 16.6 Å². The predicted molar refractivity (Wildman–Crippen MR) is 95.1 cm³/mol. The van der Waals surface area contributed by atoms with Crippen molar-refractivity contribution >= 4 is 38.2 Å². The Morgan fingerprint density at radius 3 is 2.50 bits per heavy atom. The van der Waals surface area contributed by atoms with E-state index in [1.165, 1.54) is 29.2 Å². The first-order valence-corrected chi connectivity index (χ1v) is 9.05. The normalized spacial score (nSPS) is 15.3. The molecule has 0 unspecified atom stereocenters. The van der Waals surface area contributed by atoms with Gasteiger partial charge in [0.25, 0.3) is 0 Å². The lowest BCUT2D eigenvalue weighted by molar-refractivity contribution is 0.411. The monoisotopic (exact) mass is 369 g/mol. The van der Waals surface area contributed by atoms with Gasteiger partial charge in [0, 0.05) is 5.69 Å². The molecule has 0 saturated heterocycles. The Bertz CT molecular complexity index is 1130. The molecule has 1 aromatic heterocycles. The zero-order valence-electron chi connectivity index (χ0n) is 13.3. The highest BCUT2D eigenvalue weighted by atomic mass is 32.2. The number of para-hydroxylation sites is 2. The van der Waals surface area contributed by atoms with Crippen molar-refractivity contribution in [2.45, 2.75) is 4.90 Å². The van der Waals surface area contributed by atoms with Crippen molar-refractivity contribution in [3.63, 3.8) is 0 Å². The summed E-state index contributed by atoms with van der Waals surface area (Å²) in [5.41, 5.74) is 2.28. The van der Waals surface area contributed by atoms with Crippen LogP contribution in [0.2, 0.25) is 0 Å². The fraction of sp³-hybridized carbons (Fsp3) is 0.0588. The summed E-state index contributed by atoms with van der Waals surface area (Å²) in [5, 5.41) is 18.7. The molecular weight excluding hydrogens is 356 g/mol. The van der Waals surface area contributed by atoms with Crippen LogP contribution in [0, 0.1) is 5.41 Å². The van der Waals surface area contributed by atoms with Crippen LogP contribution in [0.1, 0.15) is 5.82 Å². The number of imidazole rings is 1. The summed E-state index contributed by atoms with van der Waals surface area (Å²) in [7, 11) is -4.53. The number of nitrogens with zero attached hydrogens (tertiary/aromatic N) is 2. The van der Waals surface area contributed by atoms with E-state index in [9.17, 15) is 18.1 Å². The molecule has 3 aromatic rings. The summed E-state index contributed by atoms with van der Waals surface area (Å²) in [6.07, 6.45) is 0. The molecule has 3 N–H and O–H groups in total. The molecule has 9 heteroatoms. The number of amidine groups is 1. The Labute approximate surface area is 148 Å². The molecule has 0 atom stereocenters. The van der Waals surface area contributed by atoms with Gasteiger partial charge >= 0.3 is 0 Å². The van der Waals surface area contributed by atoms with Crippen molar-refractivity contribution in [2.75, 3.05) is 11.4 Å². The predicted octanol–water partition coefficient (Wildman–Crippen LogP) is 2.23. The zero-order chi connectivity index (χ0) is 18.5. The minimum Gasteiger partial charge on any atom is -0.744 e. The lowest BCUT2D eigenvalue weighted by Gasteiger charge is -2.19. The fourth-order valence-electron chi connectivity index (χ4n) is 2.91. The van der Waals surface area contributed by atoms with Crippen molar-refractivity contribution in [3.8, 4) is 0 Å². The van der Waals surface area contributed by atoms with Crippen LogP contribution in [0.15, 0.2) is 59.2 Å². The molecule has 0 fully saturated rings. The largest absolute Gasteiger partial charge is 0.744 e. The zero-order valence-corrected chi connectivity index (χ0v) is 14.1. The second-order valence-corrected chi connectivity index (χ2v) is 7.19. The quantitative estimate of drug-likeness (QED) is 0.606. The highest BCUT2D eigenvalue weighted by Crippen LogP contribution is 2.31. The number of hydrogen-bond acceptors (Lipinski definition) is 6. The average molecular weight is 369 g/mol. The van der Waals surface area contributed by atoms with Crippen LogP contribution in [0.4, 0.5) is 5.69 Å². The van der Waals surface area contributed by atoms with Gasteiger partial charge in [-0.1, -0.05) is 12.1 Å². The summed E-state index contributed by atoms with van der Waals surface area (Å²) in [5.74, 6) is 0.392. The Morgan fingerprint density at radius 2 is 1.85 bits per heavy atom. The minimum atomic E-state index is -4.53. The number of aromatic nitrogens is 2. The Kier molecular flexibility index (Phi) is 3.56. The van der Waals surface area contributed by atoms with E-state index in [1.54, 1.807) is 0 Å². The van der Waals surface area contributed by atoms with Crippen LogP contribution < -0.4 is 4.90 Å². The third-order valence-electron chi connectivity index (χ3n) is 4.17. The van der Waals surface area contributed by atoms with Gasteiger partial charge in [0.15, 0.2) is 0 Å². The number of aromatic amines is 1. The molecule has 2 aromatic carbocycles. The van der Waals surface area contributed by atoms with Gasteiger partial charge < -0.3 is 19.5 Å². The topological polar surface area (TPSA) is 133 Å². The first-order valence-electron chi connectivity index (χ1n) is 7.64. The van der Waals surface area contributed by atoms with Gasteiger partial charge in [-0.25, -0.2) is 13.4 Å². The molecule has 132 valence electrons. The summed E-state index contributed by atoms with van der Waals surface area (Å²) in [4.78, 5) is 8.64. The Balaban J connectivity index is 1.68. The van der Waals surface area contributed by atoms with E-state index >= 15 is 0 Å². The maximum Gasteiger partial charge on any atom is 0.145 e. The van der Waals surface area contributed by atoms with Crippen LogP contribution in [-0.4, -0.2) is 40.4 Å². The summed E-state index contributed by atoms with van der Waals surface area (Å²) in [6.45, 7) is 0.0503. The van der Waals surface area contributed by atoms with E-state index in [-0.39, 0.29) is 28.6 Å². The third kappa shape index (κ3) is 2.63. The molecule has 0 amide bonds. The van der Waals surface area contributed by atoms with Crippen LogP contribution in [-0.2, 0) is 10.1 Å². The van der Waals surface area contributed by atoms with Gasteiger partial charge in [0.2, 0.25) is 0 Å². The van der Waals surface area contributed by atoms with Crippen LogP contribution in [0.3, 0.4) is 0 Å². The van der Waals surface area contributed by atoms with E-state index < -0.39 is 10.1 Å². The SMILES string of the molecule is N=C1C(c2nc3ccccc3[nH]2)=C(O)CN1c1ccc(S(=O)(=O)[O-])cc1. The molecule has 0 radical (unpaired) electrons. The van der Waals surface area contributed by atoms with Gasteiger partial charge in [-0.3, -0.25) is 5.41 Å². The smallest absolute Gasteiger partial charge is 0.145 e. The van der Waals surface area contributed by atoms with Gasteiger partial charge in [0.05, 0.1) is 28.0 Å². The number of aliphatic hydroxyl groups is 1. The number of anilines is 1. The lowest BCUT2D eigenvalue weighted by atomic mass is 10.2. The Morgan fingerprint density at radius 1 is 1.15 bits per heavy atom. The van der Waals surface area contributed by atoms with Gasteiger partial charge in [-0.05, 0) is 36.4 Å². The summed E-state index contributed by atoms with van der Waals surface area (Å²) < 4.78 is 33.1. The average Bonchev–Trinajstić information content (AvgIpc) is 3.14. The summed E-state index contributed by atoms with van der Waals surface area (Å²) in [6, 6.07) is 12.6. The third-order valence-corrected chi connectivity index (χ3v) is 5.02. The van der Waals surface area contributed by atoms with Crippen molar-refractivity contribution in [1.29, 1.82) is 5.41 Å². The van der Waals surface area contributed by atoms with E-state index in [0.717, 1.165) is 11.0 Å². The molecule has 0 saturated carbocycles. The number of aliphatic hydroxyl groups excluding tert-OH is 1. The second-order valence-electron chi connectivity index (χ2n) is 5.81. The molecule has 26 heavy (non-hydrogen) atoms. The molecule has 4 rings (SSSR count). The highest BCUT2D eigenvalue weighted by Gasteiger charge is 2.31. The maximum atomic E-state index is 11.0. The van der Waals surface area contributed by atoms with Crippen molar-refractivity contribution in [3.05, 3.63) is 60.1 Å². The number of H-pyrrole nitrogens is 1. The fourth-order valence-corrected chi connectivity index (χ4v) is 3.38. The van der Waals surface area contributed by atoms with Crippen molar-refractivity contribution in [1.82, 2.24) is 9.97 Å².